The van der Waals surface area contributed by atoms with Gasteiger partial charge in [-0.2, -0.15) is 0 Å². The Balaban J connectivity index is 2.27. The molecule has 0 bridgehead atoms. The highest BCUT2D eigenvalue weighted by atomic mass is 79.9. The Morgan fingerprint density at radius 1 is 1.57 bits per heavy atom. The predicted octanol–water partition coefficient (Wildman–Crippen LogP) is 3.83. The van der Waals surface area contributed by atoms with Crippen LogP contribution in [0.25, 0.3) is 0 Å². The number of rotatable bonds is 1. The smallest absolute Gasteiger partial charge is 0.0803 e. The van der Waals surface area contributed by atoms with E-state index in [-0.39, 0.29) is 0 Å². The third kappa shape index (κ3) is 2.27. The van der Waals surface area contributed by atoms with E-state index < -0.39 is 0 Å². The first kappa shape index (κ1) is 10.8. The van der Waals surface area contributed by atoms with E-state index in [1.165, 1.54) is 5.56 Å². The summed E-state index contributed by atoms with van der Waals surface area (Å²) >= 11 is 11.4. The van der Waals surface area contributed by atoms with Crippen LogP contribution in [0.2, 0.25) is 5.02 Å². The molecule has 1 aromatic rings. The lowest BCUT2D eigenvalue weighted by molar-refractivity contribution is 0.617. The van der Waals surface area contributed by atoms with Gasteiger partial charge in [-0.25, -0.2) is 0 Å². The molecule has 0 amide bonds. The maximum absolute atomic E-state index is 5.97. The molecular weight excluding hydrogens is 282 g/mol. The zero-order valence-corrected chi connectivity index (χ0v) is 10.9. The van der Waals surface area contributed by atoms with E-state index in [4.69, 9.17) is 11.6 Å². The first-order chi connectivity index (χ1) is 6.66. The molecule has 1 nitrogen and oxygen atoms in total. The molecule has 0 spiro atoms. The van der Waals surface area contributed by atoms with Gasteiger partial charge in [0, 0.05) is 21.3 Å². The SMILES string of the molecule is CC1CSC(c2cc(Cl)ccc2Br)N1. The van der Waals surface area contributed by atoms with Crippen LogP contribution in [0.15, 0.2) is 22.7 Å². The van der Waals surface area contributed by atoms with E-state index in [1.54, 1.807) is 0 Å². The number of hydrogen-bond donors (Lipinski definition) is 1. The van der Waals surface area contributed by atoms with E-state index >= 15 is 0 Å². The Morgan fingerprint density at radius 3 is 3.00 bits per heavy atom. The fourth-order valence-electron chi connectivity index (χ4n) is 1.49. The van der Waals surface area contributed by atoms with Crippen molar-refractivity contribution < 1.29 is 0 Å². The second-order valence-electron chi connectivity index (χ2n) is 3.45. The summed E-state index contributed by atoms with van der Waals surface area (Å²) in [6.45, 7) is 2.20. The van der Waals surface area contributed by atoms with Crippen molar-refractivity contribution in [3.8, 4) is 0 Å². The van der Waals surface area contributed by atoms with E-state index in [1.807, 2.05) is 30.0 Å². The van der Waals surface area contributed by atoms with Crippen LogP contribution in [-0.4, -0.2) is 11.8 Å². The van der Waals surface area contributed by atoms with Crippen LogP contribution in [-0.2, 0) is 0 Å². The highest BCUT2D eigenvalue weighted by molar-refractivity contribution is 9.10. The van der Waals surface area contributed by atoms with E-state index in [0.29, 0.717) is 11.4 Å². The summed E-state index contributed by atoms with van der Waals surface area (Å²) in [7, 11) is 0. The van der Waals surface area contributed by atoms with Crippen molar-refractivity contribution in [2.24, 2.45) is 0 Å². The molecule has 1 aliphatic rings. The van der Waals surface area contributed by atoms with E-state index in [0.717, 1.165) is 15.2 Å². The normalized spacial score (nSPS) is 26.8. The molecule has 14 heavy (non-hydrogen) atoms. The first-order valence-corrected chi connectivity index (χ1v) is 6.71. The minimum Gasteiger partial charge on any atom is -0.298 e. The van der Waals surface area contributed by atoms with Gasteiger partial charge in [0.25, 0.3) is 0 Å². The molecule has 2 unspecified atom stereocenters. The molecule has 1 aromatic carbocycles. The van der Waals surface area contributed by atoms with Gasteiger partial charge in [-0.15, -0.1) is 11.8 Å². The zero-order chi connectivity index (χ0) is 10.1. The molecule has 0 aliphatic carbocycles. The lowest BCUT2D eigenvalue weighted by atomic mass is 10.2. The standard InChI is InChI=1S/C10H11BrClNS/c1-6-5-14-10(13-6)8-4-7(12)2-3-9(8)11/h2-4,6,10,13H,5H2,1H3. The maximum Gasteiger partial charge on any atom is 0.0803 e. The Kier molecular flexibility index (Phi) is 3.42. The molecule has 2 atom stereocenters. The van der Waals surface area contributed by atoms with E-state index in [2.05, 4.69) is 28.2 Å². The summed E-state index contributed by atoms with van der Waals surface area (Å²) in [5.41, 5.74) is 1.24. The average Bonchev–Trinajstić information content (AvgIpc) is 2.56. The lowest BCUT2D eigenvalue weighted by Gasteiger charge is -2.13. The fraction of sp³-hybridized carbons (Fsp3) is 0.400. The molecular formula is C10H11BrClNS. The van der Waals surface area contributed by atoms with Crippen molar-refractivity contribution in [2.45, 2.75) is 18.3 Å². The van der Waals surface area contributed by atoms with Crippen LogP contribution in [0.3, 0.4) is 0 Å². The highest BCUT2D eigenvalue weighted by Gasteiger charge is 2.23. The summed E-state index contributed by atoms with van der Waals surface area (Å²) in [6.07, 6.45) is 0. The number of thioether (sulfide) groups is 1. The molecule has 0 radical (unpaired) electrons. The van der Waals surface area contributed by atoms with Crippen LogP contribution in [0.1, 0.15) is 17.9 Å². The molecule has 4 heteroatoms. The van der Waals surface area contributed by atoms with E-state index in [9.17, 15) is 0 Å². The summed E-state index contributed by atoms with van der Waals surface area (Å²) in [5.74, 6) is 1.16. The van der Waals surface area contributed by atoms with Gasteiger partial charge in [-0.05, 0) is 30.7 Å². The third-order valence-electron chi connectivity index (χ3n) is 2.19. The Morgan fingerprint density at radius 2 is 2.36 bits per heavy atom. The summed E-state index contributed by atoms with van der Waals surface area (Å²) in [5, 5.41) is 4.68. The van der Waals surface area contributed by atoms with Crippen LogP contribution >= 0.6 is 39.3 Å². The quantitative estimate of drug-likeness (QED) is 0.844. The van der Waals surface area contributed by atoms with Crippen LogP contribution in [0, 0.1) is 0 Å². The predicted molar refractivity (Wildman–Crippen MR) is 66.9 cm³/mol. The van der Waals surface area contributed by atoms with Crippen LogP contribution < -0.4 is 5.32 Å². The molecule has 0 saturated carbocycles. The maximum atomic E-state index is 5.97. The summed E-state index contributed by atoms with van der Waals surface area (Å²) < 4.78 is 1.13. The topological polar surface area (TPSA) is 12.0 Å². The van der Waals surface area contributed by atoms with Crippen molar-refractivity contribution in [3.05, 3.63) is 33.3 Å². The second kappa shape index (κ2) is 4.44. The zero-order valence-electron chi connectivity index (χ0n) is 7.76. The highest BCUT2D eigenvalue weighted by Crippen LogP contribution is 2.37. The van der Waals surface area contributed by atoms with Gasteiger partial charge in [0.05, 0.1) is 5.37 Å². The minimum absolute atomic E-state index is 0.373. The summed E-state index contributed by atoms with van der Waals surface area (Å²) in [6, 6.07) is 6.51. The van der Waals surface area contributed by atoms with Gasteiger partial charge >= 0.3 is 0 Å². The van der Waals surface area contributed by atoms with Gasteiger partial charge < -0.3 is 0 Å². The van der Waals surface area contributed by atoms with Gasteiger partial charge in [0.1, 0.15) is 0 Å². The monoisotopic (exact) mass is 291 g/mol. The molecule has 0 aromatic heterocycles. The molecule has 1 N–H and O–H groups in total. The molecule has 1 fully saturated rings. The molecule has 1 aliphatic heterocycles. The van der Waals surface area contributed by atoms with Crippen molar-refractivity contribution in [1.29, 1.82) is 0 Å². The van der Waals surface area contributed by atoms with Gasteiger partial charge in [-0.1, -0.05) is 27.5 Å². The number of hydrogen-bond acceptors (Lipinski definition) is 2. The summed E-state index contributed by atoms with van der Waals surface area (Å²) in [4.78, 5) is 0. The van der Waals surface area contributed by atoms with Crippen molar-refractivity contribution >= 4 is 39.3 Å². The number of halogens is 2. The first-order valence-electron chi connectivity index (χ1n) is 4.49. The molecule has 76 valence electrons. The second-order valence-corrected chi connectivity index (χ2v) is 5.88. The van der Waals surface area contributed by atoms with Crippen LogP contribution in [0.5, 0.6) is 0 Å². The van der Waals surface area contributed by atoms with Crippen molar-refractivity contribution in [2.75, 3.05) is 5.75 Å². The lowest BCUT2D eigenvalue weighted by Crippen LogP contribution is -2.22. The fourth-order valence-corrected chi connectivity index (χ4v) is 3.58. The average molecular weight is 293 g/mol. The molecule has 1 heterocycles. The van der Waals surface area contributed by atoms with Crippen molar-refractivity contribution in [1.82, 2.24) is 5.32 Å². The Hall–Kier alpha value is 0.300. The number of nitrogens with one attached hydrogen (secondary N) is 1. The number of benzene rings is 1. The van der Waals surface area contributed by atoms with Crippen LogP contribution in [0.4, 0.5) is 0 Å². The minimum atomic E-state index is 0.373. The molecule has 1 saturated heterocycles. The Labute approximate surface area is 102 Å². The molecule has 2 rings (SSSR count). The van der Waals surface area contributed by atoms with Crippen molar-refractivity contribution in [3.63, 3.8) is 0 Å². The largest absolute Gasteiger partial charge is 0.298 e. The Bertz CT molecular complexity index is 345. The van der Waals surface area contributed by atoms with Gasteiger partial charge in [0.15, 0.2) is 0 Å². The van der Waals surface area contributed by atoms with Gasteiger partial charge in [-0.3, -0.25) is 5.32 Å². The van der Waals surface area contributed by atoms with Gasteiger partial charge in [0.2, 0.25) is 0 Å². The third-order valence-corrected chi connectivity index (χ3v) is 4.56.